The van der Waals surface area contributed by atoms with E-state index in [4.69, 9.17) is 14.6 Å². The summed E-state index contributed by atoms with van der Waals surface area (Å²) in [6.45, 7) is 13.0. The summed E-state index contributed by atoms with van der Waals surface area (Å²) in [5.41, 5.74) is -1.42. The lowest BCUT2D eigenvalue weighted by atomic mass is 9.70. The van der Waals surface area contributed by atoms with Crippen molar-refractivity contribution in [3.05, 3.63) is 0 Å². The average molecular weight is 481 g/mol. The Morgan fingerprint density at radius 3 is 2.47 bits per heavy atom. The lowest BCUT2D eigenvalue weighted by Gasteiger charge is -2.38. The number of rotatable bonds is 11. The number of unbranched alkanes of at least 4 members (excludes halogenated alkanes) is 3. The maximum atomic E-state index is 13.8. The molecule has 0 unspecified atom stereocenters. The number of nitrogens with one attached hydrogen (secondary N) is 1. The minimum absolute atomic E-state index is 0.0206. The highest BCUT2D eigenvalue weighted by molar-refractivity contribution is 5.98. The lowest BCUT2D eigenvalue weighted by molar-refractivity contribution is -0.154. The largest absolute Gasteiger partial charge is 0.466 e. The second-order valence-electron chi connectivity index (χ2n) is 12.1. The first-order valence-electron chi connectivity index (χ1n) is 12.9. The number of likely N-dealkylation sites (tertiary alicyclic amines) is 1. The van der Waals surface area contributed by atoms with Gasteiger partial charge in [-0.05, 0) is 58.3 Å². The van der Waals surface area contributed by atoms with Crippen molar-refractivity contribution in [2.75, 3.05) is 19.8 Å². The molecule has 34 heavy (non-hydrogen) atoms. The van der Waals surface area contributed by atoms with Crippen LogP contribution in [0.25, 0.3) is 0 Å². The van der Waals surface area contributed by atoms with Gasteiger partial charge in [0.2, 0.25) is 11.8 Å². The van der Waals surface area contributed by atoms with Gasteiger partial charge >= 0.3 is 5.97 Å². The molecule has 194 valence electrons. The van der Waals surface area contributed by atoms with Crippen LogP contribution in [0.2, 0.25) is 0 Å². The molecule has 3 fully saturated rings. The lowest BCUT2D eigenvalue weighted by Crippen LogP contribution is -2.59. The number of ether oxygens (including phenoxy) is 2. The summed E-state index contributed by atoms with van der Waals surface area (Å²) in [7, 11) is 0. The van der Waals surface area contributed by atoms with E-state index < -0.39 is 35.0 Å². The first-order valence-corrected chi connectivity index (χ1v) is 12.9. The number of aliphatic hydroxyl groups is 1. The quantitative estimate of drug-likeness (QED) is 0.348. The predicted octanol–water partition coefficient (Wildman–Crippen LogP) is 2.81. The van der Waals surface area contributed by atoms with Gasteiger partial charge in [0.1, 0.15) is 11.6 Å². The molecule has 3 saturated heterocycles. The van der Waals surface area contributed by atoms with E-state index in [2.05, 4.69) is 26.1 Å². The van der Waals surface area contributed by atoms with Crippen LogP contribution in [0.1, 0.15) is 86.5 Å². The highest BCUT2D eigenvalue weighted by atomic mass is 16.6. The number of hydrogen-bond donors (Lipinski definition) is 2. The Kier molecular flexibility index (Phi) is 8.03. The SMILES string of the molecule is CCOC(=O)[C@@H]1[C@H]2C(=O)N(CCCCCCO)[C@H](C(=O)NC(C)(C)CC(C)(C)C)[C@]23CC[C@H]1O3. The average Bonchev–Trinajstić information content (AvgIpc) is 3.33. The van der Waals surface area contributed by atoms with Gasteiger partial charge in [0, 0.05) is 18.7 Å². The van der Waals surface area contributed by atoms with E-state index in [1.165, 1.54) is 0 Å². The second-order valence-corrected chi connectivity index (χ2v) is 12.1. The molecule has 0 aliphatic carbocycles. The van der Waals surface area contributed by atoms with Crippen LogP contribution in [0.4, 0.5) is 0 Å². The fraction of sp³-hybridized carbons (Fsp3) is 0.885. The summed E-state index contributed by atoms with van der Waals surface area (Å²) < 4.78 is 11.7. The van der Waals surface area contributed by atoms with Crippen LogP contribution in [0, 0.1) is 17.3 Å². The molecule has 8 heteroatoms. The van der Waals surface area contributed by atoms with Crippen LogP contribution in [0.3, 0.4) is 0 Å². The van der Waals surface area contributed by atoms with Crippen LogP contribution < -0.4 is 5.32 Å². The van der Waals surface area contributed by atoms with Gasteiger partial charge < -0.3 is 24.8 Å². The number of carbonyl (C=O) groups excluding carboxylic acids is 3. The van der Waals surface area contributed by atoms with Gasteiger partial charge in [-0.1, -0.05) is 33.6 Å². The number of esters is 1. The summed E-state index contributed by atoms with van der Waals surface area (Å²) in [5, 5.41) is 12.3. The van der Waals surface area contributed by atoms with Gasteiger partial charge in [-0.2, -0.15) is 0 Å². The summed E-state index contributed by atoms with van der Waals surface area (Å²) in [6.07, 6.45) is 4.81. The van der Waals surface area contributed by atoms with Crippen LogP contribution in [-0.2, 0) is 23.9 Å². The van der Waals surface area contributed by atoms with Crippen molar-refractivity contribution in [3.63, 3.8) is 0 Å². The molecule has 0 aromatic carbocycles. The van der Waals surface area contributed by atoms with Gasteiger partial charge in [0.25, 0.3) is 0 Å². The minimum Gasteiger partial charge on any atom is -0.466 e. The number of aliphatic hydroxyl groups excluding tert-OH is 1. The van der Waals surface area contributed by atoms with E-state index in [1.54, 1.807) is 11.8 Å². The van der Waals surface area contributed by atoms with E-state index >= 15 is 0 Å². The van der Waals surface area contributed by atoms with Crippen molar-refractivity contribution in [1.29, 1.82) is 0 Å². The van der Waals surface area contributed by atoms with Crippen molar-refractivity contribution in [2.45, 2.75) is 110 Å². The molecule has 0 saturated carbocycles. The Hall–Kier alpha value is -1.67. The van der Waals surface area contributed by atoms with Crippen LogP contribution in [0.5, 0.6) is 0 Å². The van der Waals surface area contributed by atoms with Crippen molar-refractivity contribution in [1.82, 2.24) is 10.2 Å². The molecule has 2 amide bonds. The monoisotopic (exact) mass is 480 g/mol. The smallest absolute Gasteiger partial charge is 0.312 e. The van der Waals surface area contributed by atoms with Gasteiger partial charge in [0.05, 0.1) is 24.5 Å². The van der Waals surface area contributed by atoms with E-state index in [0.717, 1.165) is 32.1 Å². The Balaban J connectivity index is 1.88. The number of hydrogen-bond acceptors (Lipinski definition) is 6. The third-order valence-electron chi connectivity index (χ3n) is 7.35. The zero-order valence-electron chi connectivity index (χ0n) is 21.8. The van der Waals surface area contributed by atoms with E-state index in [9.17, 15) is 14.4 Å². The molecule has 3 aliphatic rings. The number of nitrogens with zero attached hydrogens (tertiary/aromatic N) is 1. The molecule has 5 atom stereocenters. The normalized spacial score (nSPS) is 30.6. The summed E-state index contributed by atoms with van der Waals surface area (Å²) in [6, 6.07) is -0.758. The van der Waals surface area contributed by atoms with Gasteiger partial charge in [-0.25, -0.2) is 0 Å². The topological polar surface area (TPSA) is 105 Å². The molecule has 8 nitrogen and oxygen atoms in total. The van der Waals surface area contributed by atoms with Gasteiger partial charge in [-0.3, -0.25) is 14.4 Å². The summed E-state index contributed by atoms with van der Waals surface area (Å²) >= 11 is 0. The molecule has 2 bridgehead atoms. The molecule has 3 heterocycles. The number of fused-ring (bicyclic) bond motifs is 1. The number of carbonyl (C=O) groups is 3. The van der Waals surface area contributed by atoms with Crippen molar-refractivity contribution in [2.24, 2.45) is 17.3 Å². The molecule has 0 aromatic rings. The fourth-order valence-electron chi connectivity index (χ4n) is 6.72. The van der Waals surface area contributed by atoms with Crippen molar-refractivity contribution in [3.8, 4) is 0 Å². The minimum atomic E-state index is -0.980. The zero-order valence-corrected chi connectivity index (χ0v) is 21.8. The molecule has 1 spiro atoms. The zero-order chi connectivity index (χ0) is 25.3. The molecule has 0 radical (unpaired) electrons. The molecule has 2 N–H and O–H groups in total. The molecular formula is C26H44N2O6. The van der Waals surface area contributed by atoms with Crippen LogP contribution in [-0.4, -0.2) is 70.8 Å². The fourth-order valence-corrected chi connectivity index (χ4v) is 6.72. The summed E-state index contributed by atoms with van der Waals surface area (Å²) in [4.78, 5) is 42.1. The molecule has 3 aliphatic heterocycles. The Bertz CT molecular complexity index is 776. The summed E-state index contributed by atoms with van der Waals surface area (Å²) in [5.74, 6) is -2.10. The van der Waals surface area contributed by atoms with E-state index in [0.29, 0.717) is 19.4 Å². The Morgan fingerprint density at radius 1 is 1.18 bits per heavy atom. The molecular weight excluding hydrogens is 436 g/mol. The van der Waals surface area contributed by atoms with Crippen LogP contribution >= 0.6 is 0 Å². The molecule has 3 rings (SSSR count). The predicted molar refractivity (Wildman–Crippen MR) is 128 cm³/mol. The maximum absolute atomic E-state index is 13.8. The van der Waals surface area contributed by atoms with Gasteiger partial charge in [-0.15, -0.1) is 0 Å². The Labute approximate surface area is 204 Å². The van der Waals surface area contributed by atoms with Gasteiger partial charge in [0.15, 0.2) is 0 Å². The molecule has 0 aromatic heterocycles. The first kappa shape index (κ1) is 26.9. The standard InChI is InChI=1S/C26H44N2O6/c1-7-33-23(32)18-17-12-13-26(34-17)19(18)22(31)28(14-10-8-9-11-15-29)20(26)21(30)27-25(5,6)16-24(2,3)4/h17-20,29H,7-16H2,1-6H3,(H,27,30)/t17-,18+,19+,20-,26+/m1/s1. The highest BCUT2D eigenvalue weighted by Gasteiger charge is 2.74. The third-order valence-corrected chi connectivity index (χ3v) is 7.35. The van der Waals surface area contributed by atoms with Crippen molar-refractivity contribution < 1.29 is 29.0 Å². The van der Waals surface area contributed by atoms with E-state index in [1.807, 2.05) is 13.8 Å². The number of amides is 2. The Morgan fingerprint density at radius 2 is 1.85 bits per heavy atom. The van der Waals surface area contributed by atoms with Crippen molar-refractivity contribution >= 4 is 17.8 Å². The second kappa shape index (κ2) is 10.1. The first-order chi connectivity index (χ1) is 15.9. The van der Waals surface area contributed by atoms with Crippen LogP contribution in [0.15, 0.2) is 0 Å². The highest BCUT2D eigenvalue weighted by Crippen LogP contribution is 2.58. The van der Waals surface area contributed by atoms with E-state index in [-0.39, 0.29) is 36.5 Å². The maximum Gasteiger partial charge on any atom is 0.312 e. The third kappa shape index (κ3) is 5.27.